The minimum absolute atomic E-state index is 0.146. The molecule has 2 amide bonds. The summed E-state index contributed by atoms with van der Waals surface area (Å²) in [7, 11) is 1.60. The summed E-state index contributed by atoms with van der Waals surface area (Å²) in [6.45, 7) is 12.0. The van der Waals surface area contributed by atoms with Crippen LogP contribution in [0.2, 0.25) is 0 Å². The second-order valence-corrected chi connectivity index (χ2v) is 9.52. The minimum atomic E-state index is -0.619. The molecule has 6 heteroatoms. The van der Waals surface area contributed by atoms with Crippen LogP contribution in [0.5, 0.6) is 11.5 Å². The summed E-state index contributed by atoms with van der Waals surface area (Å²) in [6.07, 6.45) is 0.486. The molecular weight excluding hydrogens is 416 g/mol. The Balaban J connectivity index is 2.30. The zero-order valence-electron chi connectivity index (χ0n) is 21.0. The van der Waals surface area contributed by atoms with Gasteiger partial charge in [-0.15, -0.1) is 0 Å². The molecule has 2 rings (SSSR count). The third-order valence-corrected chi connectivity index (χ3v) is 5.26. The summed E-state index contributed by atoms with van der Waals surface area (Å²) in [4.78, 5) is 28.1. The van der Waals surface area contributed by atoms with Crippen molar-refractivity contribution in [3.63, 3.8) is 0 Å². The molecule has 6 nitrogen and oxygen atoms in total. The van der Waals surface area contributed by atoms with Gasteiger partial charge in [0.25, 0.3) is 5.91 Å². The van der Waals surface area contributed by atoms with Crippen LogP contribution in [0.4, 0.5) is 0 Å². The highest BCUT2D eigenvalue weighted by Gasteiger charge is 2.31. The fourth-order valence-electron chi connectivity index (χ4n) is 3.65. The Bertz CT molecular complexity index is 934. The molecule has 1 atom stereocenters. The van der Waals surface area contributed by atoms with E-state index in [4.69, 9.17) is 9.47 Å². The van der Waals surface area contributed by atoms with E-state index in [2.05, 4.69) is 19.2 Å². The molecule has 0 saturated heterocycles. The van der Waals surface area contributed by atoms with Crippen molar-refractivity contribution >= 4 is 11.8 Å². The second-order valence-electron chi connectivity index (χ2n) is 9.52. The van der Waals surface area contributed by atoms with Crippen LogP contribution >= 0.6 is 0 Å². The van der Waals surface area contributed by atoms with Crippen LogP contribution in [0.25, 0.3) is 0 Å². The third kappa shape index (κ3) is 7.81. The first-order valence-corrected chi connectivity index (χ1v) is 11.5. The number of carbonyl (C=O) groups excluding carboxylic acids is 2. The quantitative estimate of drug-likeness (QED) is 0.553. The van der Waals surface area contributed by atoms with E-state index in [1.54, 1.807) is 12.0 Å². The lowest BCUT2D eigenvalue weighted by atomic mass is 10.0. The van der Waals surface area contributed by atoms with Gasteiger partial charge in [-0.05, 0) is 62.4 Å². The van der Waals surface area contributed by atoms with Gasteiger partial charge in [-0.1, -0.05) is 51.1 Å². The van der Waals surface area contributed by atoms with Gasteiger partial charge >= 0.3 is 0 Å². The van der Waals surface area contributed by atoms with Gasteiger partial charge in [0, 0.05) is 12.1 Å². The molecular formula is C27H38N2O4. The van der Waals surface area contributed by atoms with E-state index < -0.39 is 11.6 Å². The van der Waals surface area contributed by atoms with E-state index in [-0.39, 0.29) is 30.9 Å². The molecule has 0 aromatic heterocycles. The summed E-state index contributed by atoms with van der Waals surface area (Å²) in [5.74, 6) is 1.24. The number of para-hydroxylation sites is 1. The number of hydrogen-bond acceptors (Lipinski definition) is 4. The SMILES string of the molecule is CC[C@H](C(=O)NC(C)(C)C)N(Cc1cccc(OC)c1)C(=O)COc1ccccc1C(C)C. The standard InChI is InChI=1S/C27H38N2O4/c1-8-23(26(31)28-27(4,5)6)29(17-20-12-11-13-21(16-20)32-7)25(30)18-33-24-15-10-9-14-22(24)19(2)3/h9-16,19,23H,8,17-18H2,1-7H3,(H,28,31)/t23-/m1/s1. The Kier molecular flexibility index (Phi) is 9.32. The van der Waals surface area contributed by atoms with E-state index in [0.717, 1.165) is 11.1 Å². The maximum absolute atomic E-state index is 13.4. The number of amides is 2. The lowest BCUT2D eigenvalue weighted by Gasteiger charge is -2.33. The molecule has 0 spiro atoms. The van der Waals surface area contributed by atoms with E-state index in [0.29, 0.717) is 17.9 Å². The normalized spacial score (nSPS) is 12.2. The van der Waals surface area contributed by atoms with Crippen molar-refractivity contribution in [2.45, 2.75) is 72.0 Å². The van der Waals surface area contributed by atoms with Crippen LogP contribution < -0.4 is 14.8 Å². The molecule has 2 aromatic rings. The molecule has 0 fully saturated rings. The highest BCUT2D eigenvalue weighted by Crippen LogP contribution is 2.26. The van der Waals surface area contributed by atoms with Crippen molar-refractivity contribution in [1.29, 1.82) is 0 Å². The van der Waals surface area contributed by atoms with Crippen molar-refractivity contribution in [3.8, 4) is 11.5 Å². The highest BCUT2D eigenvalue weighted by molar-refractivity contribution is 5.88. The van der Waals surface area contributed by atoms with Crippen molar-refractivity contribution in [2.24, 2.45) is 0 Å². The number of benzene rings is 2. The first kappa shape index (κ1) is 26.2. The molecule has 0 aliphatic heterocycles. The molecule has 1 N–H and O–H groups in total. The topological polar surface area (TPSA) is 67.9 Å². The van der Waals surface area contributed by atoms with Gasteiger partial charge in [0.05, 0.1) is 7.11 Å². The van der Waals surface area contributed by atoms with E-state index >= 15 is 0 Å². The lowest BCUT2D eigenvalue weighted by molar-refractivity contribution is -0.143. The van der Waals surface area contributed by atoms with Crippen molar-refractivity contribution in [1.82, 2.24) is 10.2 Å². The minimum Gasteiger partial charge on any atom is -0.497 e. The Morgan fingerprint density at radius 3 is 2.36 bits per heavy atom. The summed E-state index contributed by atoms with van der Waals surface area (Å²) in [6, 6.07) is 14.6. The van der Waals surface area contributed by atoms with Crippen LogP contribution in [-0.2, 0) is 16.1 Å². The number of rotatable bonds is 10. The number of hydrogen-bond donors (Lipinski definition) is 1. The predicted octanol–water partition coefficient (Wildman–Crippen LogP) is 4.92. The molecule has 0 unspecified atom stereocenters. The number of nitrogens with zero attached hydrogens (tertiary/aromatic N) is 1. The average Bonchev–Trinajstić information content (AvgIpc) is 2.76. The Hall–Kier alpha value is -3.02. The Morgan fingerprint density at radius 1 is 1.06 bits per heavy atom. The fourth-order valence-corrected chi connectivity index (χ4v) is 3.65. The van der Waals surface area contributed by atoms with Gasteiger partial charge in [-0.25, -0.2) is 0 Å². The molecule has 0 aliphatic rings. The smallest absolute Gasteiger partial charge is 0.261 e. The van der Waals surface area contributed by atoms with Crippen LogP contribution in [-0.4, -0.2) is 42.0 Å². The maximum Gasteiger partial charge on any atom is 0.261 e. The van der Waals surface area contributed by atoms with Gasteiger partial charge in [-0.3, -0.25) is 9.59 Å². The predicted molar refractivity (Wildman–Crippen MR) is 132 cm³/mol. The molecule has 0 heterocycles. The van der Waals surface area contributed by atoms with Crippen LogP contribution in [0.15, 0.2) is 48.5 Å². The summed E-state index contributed by atoms with van der Waals surface area (Å²) < 4.78 is 11.3. The summed E-state index contributed by atoms with van der Waals surface area (Å²) in [5, 5.41) is 3.01. The van der Waals surface area contributed by atoms with Gasteiger partial charge in [0.1, 0.15) is 17.5 Å². The lowest BCUT2D eigenvalue weighted by Crippen LogP contribution is -2.54. The number of methoxy groups -OCH3 is 1. The van der Waals surface area contributed by atoms with E-state index in [9.17, 15) is 9.59 Å². The van der Waals surface area contributed by atoms with Crippen LogP contribution in [0.1, 0.15) is 65.0 Å². The van der Waals surface area contributed by atoms with Crippen molar-refractivity contribution in [2.75, 3.05) is 13.7 Å². The zero-order chi connectivity index (χ0) is 24.6. The van der Waals surface area contributed by atoms with E-state index in [1.807, 2.05) is 76.2 Å². The maximum atomic E-state index is 13.4. The van der Waals surface area contributed by atoms with Crippen LogP contribution in [0.3, 0.4) is 0 Å². The molecule has 0 bridgehead atoms. The first-order valence-electron chi connectivity index (χ1n) is 11.5. The number of carbonyl (C=O) groups is 2. The van der Waals surface area contributed by atoms with E-state index in [1.165, 1.54) is 0 Å². The molecule has 0 saturated carbocycles. The molecule has 33 heavy (non-hydrogen) atoms. The number of ether oxygens (including phenoxy) is 2. The Labute approximate surface area is 198 Å². The van der Waals surface area contributed by atoms with Crippen LogP contribution in [0, 0.1) is 0 Å². The van der Waals surface area contributed by atoms with Gasteiger partial charge in [0.2, 0.25) is 5.91 Å². The average molecular weight is 455 g/mol. The second kappa shape index (κ2) is 11.7. The first-order chi connectivity index (χ1) is 15.6. The summed E-state index contributed by atoms with van der Waals surface area (Å²) >= 11 is 0. The number of nitrogens with one attached hydrogen (secondary N) is 1. The molecule has 2 aromatic carbocycles. The largest absolute Gasteiger partial charge is 0.497 e. The van der Waals surface area contributed by atoms with Gasteiger partial charge in [-0.2, -0.15) is 0 Å². The van der Waals surface area contributed by atoms with Crippen molar-refractivity contribution in [3.05, 3.63) is 59.7 Å². The third-order valence-electron chi connectivity index (χ3n) is 5.26. The molecule has 0 aliphatic carbocycles. The molecule has 180 valence electrons. The molecule has 0 radical (unpaired) electrons. The highest BCUT2D eigenvalue weighted by atomic mass is 16.5. The zero-order valence-corrected chi connectivity index (χ0v) is 21.0. The summed E-state index contributed by atoms with van der Waals surface area (Å²) in [5.41, 5.74) is 1.52. The monoisotopic (exact) mass is 454 g/mol. The van der Waals surface area contributed by atoms with Gasteiger partial charge in [0.15, 0.2) is 6.61 Å². The fraction of sp³-hybridized carbons (Fsp3) is 0.481. The Morgan fingerprint density at radius 2 is 1.76 bits per heavy atom. The van der Waals surface area contributed by atoms with Gasteiger partial charge < -0.3 is 19.7 Å². The van der Waals surface area contributed by atoms with Crippen molar-refractivity contribution < 1.29 is 19.1 Å².